The Balaban J connectivity index is 1.95. The van der Waals surface area contributed by atoms with Crippen LogP contribution in [0.2, 0.25) is 10.0 Å². The molecule has 0 aliphatic carbocycles. The van der Waals surface area contributed by atoms with Crippen LogP contribution in [0.15, 0.2) is 41.3 Å². The maximum Gasteiger partial charge on any atom is 0.242 e. The molecule has 4 nitrogen and oxygen atoms in total. The SMILES string of the molecule is Cc1ccc(OCCNS(=O)(=O)c2cc(Cl)ccc2Cl)cc1C. The monoisotopic (exact) mass is 373 g/mol. The van der Waals surface area contributed by atoms with Crippen LogP contribution in [0.1, 0.15) is 11.1 Å². The fourth-order valence-corrected chi connectivity index (χ4v) is 3.68. The minimum absolute atomic E-state index is 0.0437. The van der Waals surface area contributed by atoms with Gasteiger partial charge < -0.3 is 4.74 Å². The van der Waals surface area contributed by atoms with Crippen molar-refractivity contribution in [2.45, 2.75) is 18.7 Å². The molecule has 2 aromatic carbocycles. The van der Waals surface area contributed by atoms with E-state index in [-0.39, 0.29) is 23.1 Å². The Kier molecular flexibility index (Phi) is 5.92. The van der Waals surface area contributed by atoms with E-state index < -0.39 is 10.0 Å². The Hall–Kier alpha value is -1.27. The van der Waals surface area contributed by atoms with E-state index in [0.29, 0.717) is 10.8 Å². The number of ether oxygens (including phenoxy) is 1. The summed E-state index contributed by atoms with van der Waals surface area (Å²) in [6.45, 7) is 4.34. The van der Waals surface area contributed by atoms with Crippen molar-refractivity contribution in [3.05, 3.63) is 57.6 Å². The van der Waals surface area contributed by atoms with Crippen LogP contribution < -0.4 is 9.46 Å². The highest BCUT2D eigenvalue weighted by Gasteiger charge is 2.17. The minimum atomic E-state index is -3.73. The number of hydrogen-bond donors (Lipinski definition) is 1. The molecule has 0 aliphatic heterocycles. The Morgan fingerprint density at radius 1 is 1.04 bits per heavy atom. The first-order valence-corrected chi connectivity index (χ1v) is 9.18. The lowest BCUT2D eigenvalue weighted by atomic mass is 10.1. The van der Waals surface area contributed by atoms with Crippen molar-refractivity contribution in [1.82, 2.24) is 4.72 Å². The summed E-state index contributed by atoms with van der Waals surface area (Å²) >= 11 is 11.7. The van der Waals surface area contributed by atoms with Gasteiger partial charge in [0.1, 0.15) is 17.3 Å². The Labute approximate surface area is 146 Å². The second-order valence-electron chi connectivity index (χ2n) is 5.07. The number of aryl methyl sites for hydroxylation is 2. The van der Waals surface area contributed by atoms with Gasteiger partial charge in [-0.25, -0.2) is 13.1 Å². The molecule has 0 spiro atoms. The summed E-state index contributed by atoms with van der Waals surface area (Å²) in [5.74, 6) is 0.702. The van der Waals surface area contributed by atoms with Gasteiger partial charge in [0.2, 0.25) is 10.0 Å². The number of sulfonamides is 1. The predicted molar refractivity (Wildman–Crippen MR) is 93.1 cm³/mol. The van der Waals surface area contributed by atoms with Crippen molar-refractivity contribution in [2.75, 3.05) is 13.2 Å². The fraction of sp³-hybridized carbons (Fsp3) is 0.250. The first-order valence-electron chi connectivity index (χ1n) is 6.94. The summed E-state index contributed by atoms with van der Waals surface area (Å²) in [5.41, 5.74) is 2.29. The molecule has 0 aliphatic rings. The zero-order valence-electron chi connectivity index (χ0n) is 12.8. The smallest absolute Gasteiger partial charge is 0.242 e. The Morgan fingerprint density at radius 2 is 1.78 bits per heavy atom. The number of benzene rings is 2. The molecule has 124 valence electrons. The zero-order chi connectivity index (χ0) is 17.0. The van der Waals surface area contributed by atoms with Gasteiger partial charge in [-0.05, 0) is 55.3 Å². The summed E-state index contributed by atoms with van der Waals surface area (Å²) in [5, 5.41) is 0.429. The molecule has 1 N–H and O–H groups in total. The molecule has 0 fully saturated rings. The third kappa shape index (κ3) is 4.85. The second kappa shape index (κ2) is 7.53. The van der Waals surface area contributed by atoms with Crippen LogP contribution in [0.4, 0.5) is 0 Å². The van der Waals surface area contributed by atoms with Crippen molar-refractivity contribution in [3.63, 3.8) is 0 Å². The molecule has 0 unspecified atom stereocenters. The number of halogens is 2. The van der Waals surface area contributed by atoms with Crippen LogP contribution in [0, 0.1) is 13.8 Å². The van der Waals surface area contributed by atoms with Crippen LogP contribution in [-0.2, 0) is 10.0 Å². The Bertz CT molecular complexity index is 807. The molecule has 0 aromatic heterocycles. The average Bonchev–Trinajstić information content (AvgIpc) is 2.49. The van der Waals surface area contributed by atoms with E-state index in [2.05, 4.69) is 4.72 Å². The molecule has 0 heterocycles. The maximum atomic E-state index is 12.2. The van der Waals surface area contributed by atoms with E-state index in [1.54, 1.807) is 0 Å². The van der Waals surface area contributed by atoms with E-state index in [1.165, 1.54) is 23.8 Å². The zero-order valence-corrected chi connectivity index (χ0v) is 15.1. The highest BCUT2D eigenvalue weighted by Crippen LogP contribution is 2.24. The van der Waals surface area contributed by atoms with Crippen LogP contribution in [0.5, 0.6) is 5.75 Å². The van der Waals surface area contributed by atoms with Gasteiger partial charge in [0, 0.05) is 11.6 Å². The van der Waals surface area contributed by atoms with Crippen molar-refractivity contribution in [2.24, 2.45) is 0 Å². The lowest BCUT2D eigenvalue weighted by molar-refractivity contribution is 0.322. The van der Waals surface area contributed by atoms with Crippen molar-refractivity contribution >= 4 is 33.2 Å². The summed E-state index contributed by atoms with van der Waals surface area (Å²) in [4.78, 5) is -0.0437. The molecule has 0 atom stereocenters. The van der Waals surface area contributed by atoms with Gasteiger partial charge in [-0.2, -0.15) is 0 Å². The van der Waals surface area contributed by atoms with Crippen LogP contribution in [-0.4, -0.2) is 21.6 Å². The van der Waals surface area contributed by atoms with E-state index in [4.69, 9.17) is 27.9 Å². The summed E-state index contributed by atoms with van der Waals surface area (Å²) in [7, 11) is -3.73. The number of hydrogen-bond acceptors (Lipinski definition) is 3. The van der Waals surface area contributed by atoms with Crippen molar-refractivity contribution in [1.29, 1.82) is 0 Å². The molecular formula is C16H17Cl2NO3S. The molecule has 0 bridgehead atoms. The first kappa shape index (κ1) is 18.1. The topological polar surface area (TPSA) is 55.4 Å². The van der Waals surface area contributed by atoms with Crippen LogP contribution in [0.3, 0.4) is 0 Å². The summed E-state index contributed by atoms with van der Waals surface area (Å²) < 4.78 is 32.4. The van der Waals surface area contributed by atoms with Crippen LogP contribution >= 0.6 is 23.2 Å². The molecular weight excluding hydrogens is 357 g/mol. The maximum absolute atomic E-state index is 12.2. The summed E-state index contributed by atoms with van der Waals surface area (Å²) in [6, 6.07) is 10.0. The van der Waals surface area contributed by atoms with Gasteiger partial charge in [0.15, 0.2) is 0 Å². The average molecular weight is 374 g/mol. The molecule has 0 radical (unpaired) electrons. The molecule has 7 heteroatoms. The highest BCUT2D eigenvalue weighted by atomic mass is 35.5. The first-order chi connectivity index (χ1) is 10.8. The minimum Gasteiger partial charge on any atom is -0.492 e. The fourth-order valence-electron chi connectivity index (χ4n) is 1.91. The normalized spacial score (nSPS) is 11.5. The second-order valence-corrected chi connectivity index (χ2v) is 7.65. The van der Waals surface area contributed by atoms with E-state index >= 15 is 0 Å². The van der Waals surface area contributed by atoms with Crippen molar-refractivity contribution in [3.8, 4) is 5.75 Å². The van der Waals surface area contributed by atoms with E-state index in [1.807, 2.05) is 32.0 Å². The number of nitrogens with one attached hydrogen (secondary N) is 1. The molecule has 2 rings (SSSR count). The van der Waals surface area contributed by atoms with E-state index in [9.17, 15) is 8.42 Å². The van der Waals surface area contributed by atoms with Gasteiger partial charge in [-0.1, -0.05) is 29.3 Å². The van der Waals surface area contributed by atoms with E-state index in [0.717, 1.165) is 5.56 Å². The van der Waals surface area contributed by atoms with Gasteiger partial charge in [0.05, 0.1) is 5.02 Å². The largest absolute Gasteiger partial charge is 0.492 e. The van der Waals surface area contributed by atoms with Crippen LogP contribution in [0.25, 0.3) is 0 Å². The lowest BCUT2D eigenvalue weighted by Crippen LogP contribution is -2.28. The van der Waals surface area contributed by atoms with Gasteiger partial charge in [-0.3, -0.25) is 0 Å². The van der Waals surface area contributed by atoms with Crippen molar-refractivity contribution < 1.29 is 13.2 Å². The molecule has 0 saturated carbocycles. The van der Waals surface area contributed by atoms with Gasteiger partial charge >= 0.3 is 0 Å². The van der Waals surface area contributed by atoms with Gasteiger partial charge in [0.25, 0.3) is 0 Å². The third-order valence-electron chi connectivity index (χ3n) is 3.32. The standard InChI is InChI=1S/C16H17Cl2NO3S/c1-11-3-5-14(9-12(11)2)22-8-7-19-23(20,21)16-10-13(17)4-6-15(16)18/h3-6,9-10,19H,7-8H2,1-2H3. The predicted octanol–water partition coefficient (Wildman–Crippen LogP) is 3.97. The molecule has 2 aromatic rings. The lowest BCUT2D eigenvalue weighted by Gasteiger charge is -2.11. The molecule has 23 heavy (non-hydrogen) atoms. The molecule has 0 amide bonds. The third-order valence-corrected chi connectivity index (χ3v) is 5.50. The Morgan fingerprint density at radius 3 is 2.48 bits per heavy atom. The summed E-state index contributed by atoms with van der Waals surface area (Å²) in [6.07, 6.45) is 0. The number of rotatable bonds is 6. The van der Waals surface area contributed by atoms with Gasteiger partial charge in [-0.15, -0.1) is 0 Å². The molecule has 0 saturated heterocycles. The quantitative estimate of drug-likeness (QED) is 0.779. The highest BCUT2D eigenvalue weighted by molar-refractivity contribution is 7.89.